The predicted octanol–water partition coefficient (Wildman–Crippen LogP) is 7.21. The van der Waals surface area contributed by atoms with Crippen molar-refractivity contribution in [3.8, 4) is 17.0 Å². The third-order valence-corrected chi connectivity index (χ3v) is 11.8. The van der Waals surface area contributed by atoms with Gasteiger partial charge in [0.15, 0.2) is 8.32 Å². The fraction of sp³-hybridized carbons (Fsp3) is 0.556. The molecular weight excluding hydrogens is 581 g/mol. The van der Waals surface area contributed by atoms with Crippen LogP contribution in [0.25, 0.3) is 11.1 Å². The van der Waals surface area contributed by atoms with E-state index in [0.717, 1.165) is 35.6 Å². The van der Waals surface area contributed by atoms with Crippen molar-refractivity contribution in [2.45, 2.75) is 49.6 Å². The van der Waals surface area contributed by atoms with E-state index in [1.165, 1.54) is 0 Å². The molecule has 1 aliphatic rings. The first kappa shape index (κ1) is 31.8. The number of rotatable bonds is 9. The van der Waals surface area contributed by atoms with Crippen LogP contribution >= 0.6 is 34.8 Å². The second-order valence-electron chi connectivity index (χ2n) is 11.0. The number of alkyl halides is 3. The standard InChI is InChI=1S/C27H38Cl3N3O5Si/c1-19-7-8-21(31-25(34)37-18-27(28,29)30)17-22(19)20-15-23(33-9-11-35-12-10-33)32-24(16-20)36-13-14-38-39(5,6)26(2,3)4/h7-8,15-17H,9-14,18H2,1-6H3,(H,31,34). The van der Waals surface area contributed by atoms with Crippen LogP contribution in [0.2, 0.25) is 18.1 Å². The van der Waals surface area contributed by atoms with Crippen molar-refractivity contribution in [1.82, 2.24) is 4.98 Å². The van der Waals surface area contributed by atoms with Gasteiger partial charge in [0.25, 0.3) is 0 Å². The summed E-state index contributed by atoms with van der Waals surface area (Å²) in [6, 6.07) is 9.51. The van der Waals surface area contributed by atoms with Crippen LogP contribution < -0.4 is 15.0 Å². The molecule has 1 fully saturated rings. The number of carbonyl (C=O) groups excluding carboxylic acids is 1. The Morgan fingerprint density at radius 3 is 2.44 bits per heavy atom. The lowest BCUT2D eigenvalue weighted by molar-refractivity contribution is 0.122. The van der Waals surface area contributed by atoms with Crippen molar-refractivity contribution in [2.75, 3.05) is 56.3 Å². The topological polar surface area (TPSA) is 82.2 Å². The molecule has 0 aliphatic carbocycles. The zero-order valence-electron chi connectivity index (χ0n) is 23.4. The van der Waals surface area contributed by atoms with Gasteiger partial charge in [-0.05, 0) is 59.9 Å². The normalized spacial score (nSPS) is 14.7. The first-order valence-electron chi connectivity index (χ1n) is 12.9. The number of pyridine rings is 1. The largest absolute Gasteiger partial charge is 0.475 e. The summed E-state index contributed by atoms with van der Waals surface area (Å²) in [6.07, 6.45) is -0.717. The van der Waals surface area contributed by atoms with E-state index in [0.29, 0.717) is 38.0 Å². The number of aromatic nitrogens is 1. The molecule has 1 aromatic carbocycles. The van der Waals surface area contributed by atoms with Crippen LogP contribution in [0.5, 0.6) is 5.88 Å². The first-order chi connectivity index (χ1) is 18.1. The molecule has 8 nitrogen and oxygen atoms in total. The van der Waals surface area contributed by atoms with Crippen LogP contribution in [0.15, 0.2) is 30.3 Å². The number of hydrogen-bond donors (Lipinski definition) is 1. The number of ether oxygens (including phenoxy) is 3. The molecule has 0 saturated carbocycles. The van der Waals surface area contributed by atoms with Gasteiger partial charge >= 0.3 is 6.09 Å². The third-order valence-electron chi connectivity index (χ3n) is 6.89. The lowest BCUT2D eigenvalue weighted by Crippen LogP contribution is -2.41. The lowest BCUT2D eigenvalue weighted by Gasteiger charge is -2.36. The van der Waals surface area contributed by atoms with Gasteiger partial charge in [0, 0.05) is 24.8 Å². The van der Waals surface area contributed by atoms with E-state index in [2.05, 4.69) is 44.1 Å². The van der Waals surface area contributed by atoms with Crippen LogP contribution in [-0.2, 0) is 13.9 Å². The monoisotopic (exact) mass is 617 g/mol. The molecule has 2 heterocycles. The number of aryl methyl sites for hydroxylation is 1. The zero-order valence-corrected chi connectivity index (χ0v) is 26.7. The fourth-order valence-electron chi connectivity index (χ4n) is 3.65. The van der Waals surface area contributed by atoms with Crippen molar-refractivity contribution in [2.24, 2.45) is 0 Å². The number of carbonyl (C=O) groups is 1. The Hall–Kier alpha value is -1.75. The molecule has 1 N–H and O–H groups in total. The third kappa shape index (κ3) is 9.69. The summed E-state index contributed by atoms with van der Waals surface area (Å²) >= 11 is 17.0. The molecule has 1 aliphatic heterocycles. The number of hydrogen-bond acceptors (Lipinski definition) is 7. The van der Waals surface area contributed by atoms with Gasteiger partial charge < -0.3 is 23.5 Å². The molecule has 39 heavy (non-hydrogen) atoms. The molecule has 0 spiro atoms. The SMILES string of the molecule is Cc1ccc(NC(=O)OCC(Cl)(Cl)Cl)cc1-c1cc(OCCO[Si](C)(C)C(C)(C)C)nc(N2CCOCC2)c1. The highest BCUT2D eigenvalue weighted by molar-refractivity contribution is 6.74. The van der Waals surface area contributed by atoms with Gasteiger partial charge in [-0.1, -0.05) is 61.6 Å². The lowest BCUT2D eigenvalue weighted by atomic mass is 10.0. The minimum Gasteiger partial charge on any atom is -0.475 e. The maximum atomic E-state index is 12.2. The molecular formula is C27H38Cl3N3O5Si. The minimum absolute atomic E-state index is 0.124. The molecule has 1 amide bonds. The summed E-state index contributed by atoms with van der Waals surface area (Å²) < 4.78 is 21.2. The Morgan fingerprint density at radius 1 is 1.10 bits per heavy atom. The quantitative estimate of drug-likeness (QED) is 0.181. The highest BCUT2D eigenvalue weighted by Crippen LogP contribution is 2.36. The van der Waals surface area contributed by atoms with Crippen LogP contribution in [0, 0.1) is 6.92 Å². The summed E-state index contributed by atoms with van der Waals surface area (Å²) in [5.41, 5.74) is 3.37. The second-order valence-corrected chi connectivity index (χ2v) is 18.3. The van der Waals surface area contributed by atoms with Gasteiger partial charge in [0.05, 0.1) is 19.8 Å². The van der Waals surface area contributed by atoms with Crippen molar-refractivity contribution in [1.29, 1.82) is 0 Å². The summed E-state index contributed by atoms with van der Waals surface area (Å²) in [5, 5.41) is 2.81. The van der Waals surface area contributed by atoms with Gasteiger partial charge in [0.2, 0.25) is 9.67 Å². The van der Waals surface area contributed by atoms with E-state index in [-0.39, 0.29) is 11.6 Å². The molecule has 0 atom stereocenters. The average Bonchev–Trinajstić information content (AvgIpc) is 2.86. The van der Waals surface area contributed by atoms with E-state index < -0.39 is 18.2 Å². The number of nitrogens with zero attached hydrogens (tertiary/aromatic N) is 2. The van der Waals surface area contributed by atoms with Gasteiger partial charge in [-0.3, -0.25) is 5.32 Å². The number of nitrogens with one attached hydrogen (secondary N) is 1. The van der Waals surface area contributed by atoms with Crippen LogP contribution in [0.3, 0.4) is 0 Å². The molecule has 0 bridgehead atoms. The highest BCUT2D eigenvalue weighted by Gasteiger charge is 2.37. The number of morpholine rings is 1. The Morgan fingerprint density at radius 2 is 1.79 bits per heavy atom. The summed E-state index contributed by atoms with van der Waals surface area (Å²) in [5.74, 6) is 1.31. The van der Waals surface area contributed by atoms with Crippen molar-refractivity contribution in [3.05, 3.63) is 35.9 Å². The van der Waals surface area contributed by atoms with Gasteiger partial charge in [-0.2, -0.15) is 4.98 Å². The molecule has 0 unspecified atom stereocenters. The molecule has 0 radical (unpaired) electrons. The van der Waals surface area contributed by atoms with Gasteiger partial charge in [0.1, 0.15) is 19.0 Å². The molecule has 3 rings (SSSR count). The number of anilines is 2. The molecule has 12 heteroatoms. The van der Waals surface area contributed by atoms with Gasteiger partial charge in [-0.15, -0.1) is 0 Å². The summed E-state index contributed by atoms with van der Waals surface area (Å²) in [7, 11) is -1.88. The molecule has 1 aromatic heterocycles. The first-order valence-corrected chi connectivity index (χ1v) is 16.9. The van der Waals surface area contributed by atoms with E-state index >= 15 is 0 Å². The Bertz CT molecular complexity index is 1130. The van der Waals surface area contributed by atoms with Crippen molar-refractivity contribution >= 4 is 60.7 Å². The number of halogens is 3. The van der Waals surface area contributed by atoms with Crippen LogP contribution in [0.1, 0.15) is 26.3 Å². The maximum Gasteiger partial charge on any atom is 0.411 e. The zero-order chi connectivity index (χ0) is 28.8. The van der Waals surface area contributed by atoms with Crippen LogP contribution in [-0.4, -0.2) is 69.3 Å². The molecule has 216 valence electrons. The second kappa shape index (κ2) is 13.3. The van der Waals surface area contributed by atoms with E-state index in [1.807, 2.05) is 31.2 Å². The smallest absolute Gasteiger partial charge is 0.411 e. The van der Waals surface area contributed by atoms with E-state index in [4.69, 9.17) is 58.4 Å². The predicted molar refractivity (Wildman–Crippen MR) is 161 cm³/mol. The number of amides is 1. The number of benzene rings is 1. The Kier molecular flexibility index (Phi) is 10.8. The van der Waals surface area contributed by atoms with Gasteiger partial charge in [-0.25, -0.2) is 4.79 Å². The maximum absolute atomic E-state index is 12.2. The van der Waals surface area contributed by atoms with Crippen molar-refractivity contribution in [3.63, 3.8) is 0 Å². The Labute approximate surface area is 247 Å². The summed E-state index contributed by atoms with van der Waals surface area (Å²) in [4.78, 5) is 19.2. The molecule has 1 saturated heterocycles. The highest BCUT2D eigenvalue weighted by atomic mass is 35.6. The molecule has 2 aromatic rings. The Balaban J connectivity index is 1.82. The summed E-state index contributed by atoms with van der Waals surface area (Å²) in [6.45, 7) is 16.3. The average molecular weight is 619 g/mol. The van der Waals surface area contributed by atoms with E-state index in [9.17, 15) is 4.79 Å². The van der Waals surface area contributed by atoms with Crippen molar-refractivity contribution < 1.29 is 23.4 Å². The minimum atomic E-state index is -1.88. The van der Waals surface area contributed by atoms with Crippen LogP contribution in [0.4, 0.5) is 16.3 Å². The fourth-order valence-corrected chi connectivity index (χ4v) is 4.84. The van der Waals surface area contributed by atoms with E-state index in [1.54, 1.807) is 6.07 Å².